The van der Waals surface area contributed by atoms with E-state index in [1.165, 1.54) is 12.2 Å². The Labute approximate surface area is 625 Å². The van der Waals surface area contributed by atoms with E-state index in [2.05, 4.69) is 31.9 Å². The number of ether oxygens (including phenoxy) is 7. The number of phenols is 3. The van der Waals surface area contributed by atoms with Crippen molar-refractivity contribution in [2.75, 3.05) is 6.61 Å². The lowest BCUT2D eigenvalue weighted by Crippen LogP contribution is -2.65. The lowest BCUT2D eigenvalue weighted by atomic mass is 9.84. The van der Waals surface area contributed by atoms with E-state index in [-0.39, 0.29) is 53.7 Å². The molecule has 108 heavy (non-hydrogen) atoms. The molecule has 2 saturated heterocycles. The predicted octanol–water partition coefficient (Wildman–Crippen LogP) is 2.32. The van der Waals surface area contributed by atoms with E-state index in [1.54, 1.807) is 13.8 Å². The molecule has 7 aliphatic heterocycles. The number of allylic oxidation sites excluding steroid dienone is 2. The van der Waals surface area contributed by atoms with Crippen molar-refractivity contribution in [1.29, 1.82) is 0 Å². The van der Waals surface area contributed by atoms with Crippen LogP contribution in [0.3, 0.4) is 0 Å². The number of aryl methyl sites for hydroxylation is 1. The molecule has 18 atom stereocenters. The number of phenolic OH excluding ortho intramolecular Hbond substituents is 3. The largest absolute Gasteiger partial charge is 0.508 e. The Kier molecular flexibility index (Phi) is 22.9. The van der Waals surface area contributed by atoms with Gasteiger partial charge < -0.3 is 128 Å². The number of amides is 6. The highest BCUT2D eigenvalue weighted by molar-refractivity contribution is 6.32. The molecule has 6 aromatic carbocycles. The first-order chi connectivity index (χ1) is 51.4. The highest BCUT2D eigenvalue weighted by Gasteiger charge is 2.52. The summed E-state index contributed by atoms with van der Waals surface area (Å²) in [6.45, 7) is 4.63. The molecule has 11 bridgehead atoms. The zero-order valence-corrected chi connectivity index (χ0v) is 59.2. The lowest BCUT2D eigenvalue weighted by Gasteiger charge is -2.48. The molecule has 6 amide bonds. The number of carboxylic acids is 1. The van der Waals surface area contributed by atoms with Crippen LogP contribution in [-0.4, -0.2) is 178 Å². The molecule has 0 aromatic heterocycles. The Morgan fingerprint density at radius 3 is 2.13 bits per heavy atom. The van der Waals surface area contributed by atoms with E-state index in [9.17, 15) is 70.2 Å². The first-order valence-corrected chi connectivity index (χ1v) is 34.9. The van der Waals surface area contributed by atoms with E-state index in [0.29, 0.717) is 5.75 Å². The third kappa shape index (κ3) is 16.2. The maximum absolute atomic E-state index is 16.0. The number of fused-ring (bicyclic) bond motifs is 14. The fraction of sp³-hybridized carbons (Fsp3) is 0.365. The molecule has 0 spiro atoms. The van der Waals surface area contributed by atoms with Crippen molar-refractivity contribution in [3.05, 3.63) is 176 Å². The topological polar surface area (TPSA) is 511 Å². The summed E-state index contributed by atoms with van der Waals surface area (Å²) in [6, 6.07) is 12.5. The summed E-state index contributed by atoms with van der Waals surface area (Å²) in [5.41, 5.74) is 10.7. The Morgan fingerprint density at radius 2 is 1.43 bits per heavy atom. The fourth-order valence-electron chi connectivity index (χ4n) is 13.8. The first-order valence-electron chi connectivity index (χ1n) is 34.1. The molecule has 7 heterocycles. The molecule has 14 rings (SSSR count). The molecule has 32 nitrogen and oxygen atoms in total. The Morgan fingerprint density at radius 1 is 0.722 bits per heavy atom. The summed E-state index contributed by atoms with van der Waals surface area (Å²) >= 11 is 14.2. The molecule has 6 aromatic rings. The molecule has 1 unspecified atom stereocenters. The second-order valence-electron chi connectivity index (χ2n) is 27.2. The van der Waals surface area contributed by atoms with Crippen molar-refractivity contribution in [3.8, 4) is 57.1 Å². The Balaban J connectivity index is 1.02. The number of halogens is 2. The number of hydrogen-bond acceptors (Lipinski definition) is 25. The Bertz CT molecular complexity index is 4570. The van der Waals surface area contributed by atoms with Crippen LogP contribution in [0.25, 0.3) is 11.1 Å². The zero-order valence-electron chi connectivity index (χ0n) is 57.7. The van der Waals surface area contributed by atoms with E-state index < -0.39 is 225 Å². The number of nitrogens with two attached hydrogens (primary N) is 2. The van der Waals surface area contributed by atoms with Crippen LogP contribution in [-0.2, 0) is 60.9 Å². The number of aliphatic hydroxyl groups excluding tert-OH is 6. The first kappa shape index (κ1) is 77.4. The number of benzene rings is 6. The van der Waals surface area contributed by atoms with Gasteiger partial charge in [0, 0.05) is 52.7 Å². The van der Waals surface area contributed by atoms with Gasteiger partial charge in [0.25, 0.3) is 0 Å². The highest BCUT2D eigenvalue weighted by atomic mass is 35.5. The van der Waals surface area contributed by atoms with E-state index in [1.807, 2.05) is 55.5 Å². The van der Waals surface area contributed by atoms with Crippen LogP contribution >= 0.6 is 23.2 Å². The SMILES string of the molecule is Cc1cccc(CN[C@@]2(C)C[C@H](O[C@H]3[C@H](Oc4c5cc6cc4Oc4ccc(cc4Cl)[C@@H](O)[C@@H]4NC(=O)[C@H](NC(=O)C6NC(=O)[C@H](CC(N)=O)NC(=O)[C@H](N)[C@H](O)[C@H]6C=CC(=C(Cl)C6)O5)c5ccc(O)c(c5)-c5c(O)cc(O)cc5[C@H](C(=O)O)NC4=O)O[C@H](CO)[C@@H](O)[C@@H]3O)O[C@@H](C)[C@H]2O)c1OCc1ccccc1. The summed E-state index contributed by atoms with van der Waals surface area (Å²) in [7, 11) is 0. The summed E-state index contributed by atoms with van der Waals surface area (Å²) < 4.78 is 45.7. The van der Waals surface area contributed by atoms with Crippen LogP contribution in [0.4, 0.5) is 0 Å². The minimum absolute atomic E-state index is 0.142. The van der Waals surface area contributed by atoms with Gasteiger partial charge in [-0.3, -0.25) is 28.8 Å². The third-order valence-corrected chi connectivity index (χ3v) is 20.3. The van der Waals surface area contributed by atoms with Gasteiger partial charge in [-0.2, -0.15) is 0 Å². The second-order valence-corrected chi connectivity index (χ2v) is 28.1. The number of para-hydroxylation sites is 1. The molecule has 8 aliphatic rings. The number of aliphatic carboxylic acids is 1. The number of primary amides is 1. The Hall–Kier alpha value is -10.2. The van der Waals surface area contributed by atoms with Crippen LogP contribution in [0.5, 0.6) is 46.0 Å². The summed E-state index contributed by atoms with van der Waals surface area (Å²) in [5, 5.41) is 130. The molecular formula is C74H78Cl2N8O24. The van der Waals surface area contributed by atoms with Gasteiger partial charge in [-0.1, -0.05) is 89.9 Å². The van der Waals surface area contributed by atoms with Crippen molar-refractivity contribution < 1.29 is 118 Å². The van der Waals surface area contributed by atoms with E-state index in [0.717, 1.165) is 77.4 Å². The number of carbonyl (C=O) groups is 7. The van der Waals surface area contributed by atoms with Gasteiger partial charge in [-0.05, 0) is 104 Å². The van der Waals surface area contributed by atoms with Gasteiger partial charge in [-0.15, -0.1) is 0 Å². The van der Waals surface area contributed by atoms with Crippen LogP contribution in [0.15, 0.2) is 132 Å². The average Bonchev–Trinajstić information content (AvgIpc) is 0.768. The van der Waals surface area contributed by atoms with Crippen molar-refractivity contribution in [2.45, 2.75) is 156 Å². The third-order valence-electron chi connectivity index (χ3n) is 19.7. The van der Waals surface area contributed by atoms with Crippen LogP contribution < -0.4 is 62.3 Å². The van der Waals surface area contributed by atoms with Gasteiger partial charge in [0.2, 0.25) is 47.5 Å². The number of hydrogen-bond donors (Lipinski definition) is 18. The average molecular weight is 1530 g/mol. The number of aliphatic hydroxyl groups is 6. The smallest absolute Gasteiger partial charge is 0.330 e. The lowest BCUT2D eigenvalue weighted by molar-refractivity contribution is -0.334. The van der Waals surface area contributed by atoms with Crippen molar-refractivity contribution in [2.24, 2.45) is 17.4 Å². The molecule has 34 heteroatoms. The number of rotatable bonds is 14. The van der Waals surface area contributed by atoms with E-state index >= 15 is 14.4 Å². The van der Waals surface area contributed by atoms with Gasteiger partial charge in [0.05, 0.1) is 41.4 Å². The molecule has 2 fully saturated rings. The monoisotopic (exact) mass is 1530 g/mol. The van der Waals surface area contributed by atoms with Crippen molar-refractivity contribution in [1.82, 2.24) is 31.9 Å². The second kappa shape index (κ2) is 31.9. The number of aromatic hydroxyl groups is 3. The van der Waals surface area contributed by atoms with Crippen molar-refractivity contribution >= 4 is 64.6 Å². The van der Waals surface area contributed by atoms with Gasteiger partial charge >= 0.3 is 5.97 Å². The maximum atomic E-state index is 16.0. The predicted molar refractivity (Wildman–Crippen MR) is 378 cm³/mol. The zero-order chi connectivity index (χ0) is 77.5. The highest BCUT2D eigenvalue weighted by Crippen LogP contribution is 2.49. The quantitative estimate of drug-likeness (QED) is 0.0744. The van der Waals surface area contributed by atoms with Gasteiger partial charge in [0.15, 0.2) is 29.9 Å². The standard InChI is InChI=1S/C74H78Cl2N8O24/c1-30-8-7-11-36(63(30)102-29-32-9-5-4-6-10-32)27-79-74(3)26-52(103-31(2)66(74)94)107-65-62(93)61(92)50(28-85)106-73(65)108-64-48-21-37-22-49(64)105-47-17-14-35(20-42(47)76)60(91)58-71(99)83-57(72(100)101)40-23-38(86)24-45(88)53(40)39-18-33(12-15-44(39)87)55(69(97)84-58)82-70(98)56(37)81-67(95)43(25-51(77)89)80-68(96)54(78)59(90)34-13-16-46(104-48)41(75)19-34/h4-18,20-24,31,34,43,50,52,54-62,65-66,73,79,85-88,90-94H,19,25-29,78H2,1-3H3,(H2,77,89)(H,80,96)(H,81,95)(H,82,98)(H,83,99)(H,84,97)(H,100,101)/t31-,34-,43-,50+,52-,54+,55+,56?,57+,58-,59+,60+,61+,62-,65+,66+,73-,74-/m0/s1. The summed E-state index contributed by atoms with van der Waals surface area (Å²) in [5.74, 6) is -14.9. The normalized spacial score (nSPS) is 29.4. The minimum atomic E-state index is -2.29. The summed E-state index contributed by atoms with van der Waals surface area (Å²) in [4.78, 5) is 102. The molecule has 572 valence electrons. The molecular weight excluding hydrogens is 1460 g/mol. The fourth-order valence-corrected chi connectivity index (χ4v) is 14.3. The van der Waals surface area contributed by atoms with Gasteiger partial charge in [-0.25, -0.2) is 4.79 Å². The molecule has 0 saturated carbocycles. The number of carboxylic acid groups (broad SMARTS) is 1. The molecule has 1 aliphatic carbocycles. The summed E-state index contributed by atoms with van der Waals surface area (Å²) in [6.07, 6.45) is -16.0. The minimum Gasteiger partial charge on any atom is -0.508 e. The maximum Gasteiger partial charge on any atom is 0.330 e. The van der Waals surface area contributed by atoms with E-state index in [4.69, 9.17) is 67.8 Å². The molecule has 0 radical (unpaired) electrons. The van der Waals surface area contributed by atoms with Crippen LogP contribution in [0, 0.1) is 12.8 Å². The van der Waals surface area contributed by atoms with Crippen LogP contribution in [0.1, 0.15) is 96.3 Å². The van der Waals surface area contributed by atoms with Crippen LogP contribution in [0.2, 0.25) is 5.02 Å². The van der Waals surface area contributed by atoms with Gasteiger partial charge in [0.1, 0.15) is 95.7 Å². The number of nitrogens with one attached hydrogen (secondary N) is 6. The van der Waals surface area contributed by atoms with Crippen molar-refractivity contribution in [3.63, 3.8) is 0 Å². The number of carbonyl (C=O) groups excluding carboxylic acids is 6. The molecule has 20 N–H and O–H groups in total.